The molecule has 1 heterocycles. The molecule has 1 aliphatic heterocycles. The van der Waals surface area contributed by atoms with Gasteiger partial charge in [0, 0.05) is 0 Å². The SMILES string of the molecule is CCC1[N](CC(C)C)[Sn]([N](C(C)C)C(C)C)[N]1CC(C)C. The zero-order valence-electron chi connectivity index (χ0n) is 15.8. The van der Waals surface area contributed by atoms with E-state index in [4.69, 9.17) is 0 Å². The van der Waals surface area contributed by atoms with Gasteiger partial charge in [0.05, 0.1) is 0 Å². The fraction of sp³-hybridized carbons (Fsp3) is 1.00. The van der Waals surface area contributed by atoms with Crippen LogP contribution in [0.4, 0.5) is 0 Å². The summed E-state index contributed by atoms with van der Waals surface area (Å²) in [6, 6.07) is 1.34. The quantitative estimate of drug-likeness (QED) is 0.572. The second kappa shape index (κ2) is 8.51. The van der Waals surface area contributed by atoms with Crippen molar-refractivity contribution in [2.24, 2.45) is 11.8 Å². The Morgan fingerprint density at radius 3 is 1.43 bits per heavy atom. The van der Waals surface area contributed by atoms with E-state index in [0.29, 0.717) is 18.2 Å². The molecule has 1 rings (SSSR count). The monoisotopic (exact) mass is 404 g/mol. The van der Waals surface area contributed by atoms with Crippen LogP contribution in [-0.4, -0.2) is 61.3 Å². The normalized spacial score (nSPS) is 19.7. The number of nitrogens with zero attached hydrogens (tertiary/aromatic N) is 3. The van der Waals surface area contributed by atoms with Crippen LogP contribution in [0.3, 0.4) is 0 Å². The minimum atomic E-state index is -1.83. The van der Waals surface area contributed by atoms with Gasteiger partial charge >= 0.3 is 142 Å². The first-order valence-electron chi connectivity index (χ1n) is 8.89. The van der Waals surface area contributed by atoms with Crippen LogP contribution in [0, 0.1) is 11.8 Å². The molecule has 125 valence electrons. The molecule has 1 aliphatic rings. The van der Waals surface area contributed by atoms with Crippen molar-refractivity contribution in [3.8, 4) is 0 Å². The van der Waals surface area contributed by atoms with Gasteiger partial charge in [0.1, 0.15) is 0 Å². The molecule has 0 atom stereocenters. The summed E-state index contributed by atoms with van der Waals surface area (Å²) in [5.74, 6) is 1.55. The fourth-order valence-corrected chi connectivity index (χ4v) is 14.7. The molecule has 0 aromatic heterocycles. The van der Waals surface area contributed by atoms with Gasteiger partial charge in [-0.05, 0) is 0 Å². The van der Waals surface area contributed by atoms with E-state index in [1.54, 1.807) is 0 Å². The van der Waals surface area contributed by atoms with Gasteiger partial charge in [0.25, 0.3) is 0 Å². The van der Waals surface area contributed by atoms with Crippen LogP contribution in [0.2, 0.25) is 0 Å². The summed E-state index contributed by atoms with van der Waals surface area (Å²) in [4.78, 5) is 0. The van der Waals surface area contributed by atoms with Crippen LogP contribution >= 0.6 is 0 Å². The van der Waals surface area contributed by atoms with E-state index >= 15 is 0 Å². The van der Waals surface area contributed by atoms with Crippen molar-refractivity contribution in [3.63, 3.8) is 0 Å². The summed E-state index contributed by atoms with van der Waals surface area (Å²) in [6.07, 6.45) is 1.98. The van der Waals surface area contributed by atoms with Crippen LogP contribution in [-0.2, 0) is 0 Å². The van der Waals surface area contributed by atoms with Gasteiger partial charge in [0.15, 0.2) is 0 Å². The number of hydrogen-bond donors (Lipinski definition) is 0. The van der Waals surface area contributed by atoms with Crippen LogP contribution in [0.25, 0.3) is 0 Å². The first-order chi connectivity index (χ1) is 9.70. The van der Waals surface area contributed by atoms with Gasteiger partial charge in [-0.1, -0.05) is 0 Å². The van der Waals surface area contributed by atoms with E-state index in [9.17, 15) is 0 Å². The summed E-state index contributed by atoms with van der Waals surface area (Å²) in [6.45, 7) is 23.9. The summed E-state index contributed by atoms with van der Waals surface area (Å²) < 4.78 is 8.73. The van der Waals surface area contributed by atoms with Crippen LogP contribution < -0.4 is 0 Å². The Morgan fingerprint density at radius 1 is 0.810 bits per heavy atom. The Balaban J connectivity index is 2.99. The van der Waals surface area contributed by atoms with Crippen molar-refractivity contribution in [1.82, 2.24) is 9.36 Å². The molecule has 0 aromatic rings. The summed E-state index contributed by atoms with van der Waals surface area (Å²) in [5.41, 5.74) is 0. The molecule has 0 amide bonds. The summed E-state index contributed by atoms with van der Waals surface area (Å²) in [7, 11) is 0. The molecule has 0 bridgehead atoms. The molecule has 1 fully saturated rings. The van der Waals surface area contributed by atoms with Gasteiger partial charge in [0.2, 0.25) is 0 Å². The molecule has 4 heteroatoms. The van der Waals surface area contributed by atoms with E-state index in [1.807, 2.05) is 0 Å². The van der Waals surface area contributed by atoms with Crippen molar-refractivity contribution in [1.29, 1.82) is 0 Å². The molecule has 0 aromatic carbocycles. The van der Waals surface area contributed by atoms with E-state index < -0.39 is 20.6 Å². The van der Waals surface area contributed by atoms with Gasteiger partial charge < -0.3 is 0 Å². The topological polar surface area (TPSA) is 9.72 Å². The van der Waals surface area contributed by atoms with E-state index in [1.165, 1.54) is 19.5 Å². The third-order valence-electron chi connectivity index (χ3n) is 4.07. The maximum atomic E-state index is 2.93. The number of rotatable bonds is 8. The van der Waals surface area contributed by atoms with E-state index in [-0.39, 0.29) is 0 Å². The van der Waals surface area contributed by atoms with Crippen molar-refractivity contribution >= 4 is 20.6 Å². The first kappa shape index (κ1) is 19.7. The molecule has 3 nitrogen and oxygen atoms in total. The Morgan fingerprint density at radius 2 is 1.19 bits per heavy atom. The van der Waals surface area contributed by atoms with Gasteiger partial charge in [-0.15, -0.1) is 0 Å². The predicted octanol–water partition coefficient (Wildman–Crippen LogP) is 3.76. The Hall–Kier alpha value is 0.679. The third-order valence-corrected chi connectivity index (χ3v) is 14.0. The van der Waals surface area contributed by atoms with Gasteiger partial charge in [-0.3, -0.25) is 0 Å². The molecule has 1 radical (unpaired) electrons. The Bertz CT molecular complexity index is 278. The molecule has 0 spiro atoms. The first-order valence-corrected chi connectivity index (χ1v) is 12.7. The predicted molar refractivity (Wildman–Crippen MR) is 95.0 cm³/mol. The number of hydrogen-bond acceptors (Lipinski definition) is 3. The minimum absolute atomic E-state index is 0.668. The van der Waals surface area contributed by atoms with Crippen molar-refractivity contribution < 1.29 is 0 Å². The zero-order valence-corrected chi connectivity index (χ0v) is 18.7. The summed E-state index contributed by atoms with van der Waals surface area (Å²) in [5, 5.41) is 0. The van der Waals surface area contributed by atoms with Crippen LogP contribution in [0.5, 0.6) is 0 Å². The molecule has 1 saturated heterocycles. The molecule has 0 N–H and O–H groups in total. The van der Waals surface area contributed by atoms with Crippen molar-refractivity contribution in [3.05, 3.63) is 0 Å². The molecule has 0 unspecified atom stereocenters. The maximum absolute atomic E-state index is 2.93. The van der Waals surface area contributed by atoms with E-state index in [2.05, 4.69) is 71.7 Å². The van der Waals surface area contributed by atoms with Crippen molar-refractivity contribution in [2.75, 3.05) is 13.1 Å². The average molecular weight is 403 g/mol. The third kappa shape index (κ3) is 4.82. The molecule has 0 saturated carbocycles. The average Bonchev–Trinajstić information content (AvgIpc) is 2.32. The second-order valence-electron chi connectivity index (χ2n) is 7.88. The molecular weight excluding hydrogens is 365 g/mol. The Labute approximate surface area is 141 Å². The van der Waals surface area contributed by atoms with Crippen molar-refractivity contribution in [2.45, 2.75) is 87.0 Å². The molecule has 0 aliphatic carbocycles. The van der Waals surface area contributed by atoms with Crippen LogP contribution in [0.1, 0.15) is 68.7 Å². The Kier molecular flexibility index (Phi) is 7.99. The van der Waals surface area contributed by atoms with Gasteiger partial charge in [-0.2, -0.15) is 0 Å². The standard InChI is InChI=1S/C11H24N2.C6H14N.Sn/c1-6-11(12-7-9(2)3)13-8-10(4)5;1-5(2)7-6(3)4;/h9-11H,6-8H2,1-5H3;5-6H,1-4H3;/q-2;-1;+3. The zero-order chi connectivity index (χ0) is 16.3. The molecule has 21 heavy (non-hydrogen) atoms. The van der Waals surface area contributed by atoms with E-state index in [0.717, 1.165) is 11.8 Å². The van der Waals surface area contributed by atoms with Crippen LogP contribution in [0.15, 0.2) is 0 Å². The second-order valence-corrected chi connectivity index (χ2v) is 14.3. The fourth-order valence-electron chi connectivity index (χ4n) is 3.53. The summed E-state index contributed by atoms with van der Waals surface area (Å²) >= 11 is -1.83. The van der Waals surface area contributed by atoms with Gasteiger partial charge in [-0.25, -0.2) is 0 Å². The molecular formula is C17H38N3Sn.